The fraction of sp³-hybridized carbons (Fsp3) is 0.417. The summed E-state index contributed by atoms with van der Waals surface area (Å²) in [6, 6.07) is 4.99. The Hall–Kier alpha value is -1.37. The molecule has 0 aliphatic carbocycles. The first-order valence-corrected chi connectivity index (χ1v) is 6.70. The fourth-order valence-electron chi connectivity index (χ4n) is 1.83. The Balaban J connectivity index is 2.08. The third kappa shape index (κ3) is 3.56. The lowest BCUT2D eigenvalue weighted by Crippen LogP contribution is -2.33. The minimum atomic E-state index is -4.72. The molecule has 0 saturated carbocycles. The van der Waals surface area contributed by atoms with Crippen molar-refractivity contribution in [2.75, 3.05) is 12.3 Å². The number of hydrogen-bond donors (Lipinski definition) is 0. The molecule has 1 aromatic carbocycles. The maximum absolute atomic E-state index is 12.1. The van der Waals surface area contributed by atoms with Gasteiger partial charge in [0.25, 0.3) is 5.91 Å². The van der Waals surface area contributed by atoms with Crippen LogP contribution in [0, 0.1) is 0 Å². The van der Waals surface area contributed by atoms with Crippen molar-refractivity contribution in [3.63, 3.8) is 0 Å². The van der Waals surface area contributed by atoms with Gasteiger partial charge in [0.05, 0.1) is 5.37 Å². The van der Waals surface area contributed by atoms with E-state index in [0.29, 0.717) is 12.1 Å². The topological polar surface area (TPSA) is 29.5 Å². The molecule has 1 heterocycles. The van der Waals surface area contributed by atoms with E-state index in [1.165, 1.54) is 12.1 Å². The van der Waals surface area contributed by atoms with E-state index in [9.17, 15) is 18.0 Å². The zero-order valence-electron chi connectivity index (χ0n) is 10.1. The van der Waals surface area contributed by atoms with Crippen molar-refractivity contribution in [1.29, 1.82) is 0 Å². The van der Waals surface area contributed by atoms with Gasteiger partial charge in [0.15, 0.2) is 0 Å². The van der Waals surface area contributed by atoms with Gasteiger partial charge in [-0.25, -0.2) is 0 Å². The second-order valence-corrected chi connectivity index (χ2v) is 5.46. The van der Waals surface area contributed by atoms with Crippen molar-refractivity contribution < 1.29 is 22.7 Å². The molecule has 1 aromatic rings. The molecule has 1 aliphatic heterocycles. The zero-order valence-corrected chi connectivity index (χ0v) is 10.9. The average Bonchev–Trinajstić information content (AvgIpc) is 2.73. The van der Waals surface area contributed by atoms with Crippen LogP contribution in [0.3, 0.4) is 0 Å². The SMILES string of the molecule is CC1SCCN1C(=O)c1ccc(OC(F)(F)F)cc1. The zero-order chi connectivity index (χ0) is 14.0. The highest BCUT2D eigenvalue weighted by Crippen LogP contribution is 2.26. The Bertz CT molecular complexity index is 461. The smallest absolute Gasteiger partial charge is 0.406 e. The Morgan fingerprint density at radius 1 is 1.37 bits per heavy atom. The van der Waals surface area contributed by atoms with Crippen molar-refractivity contribution in [2.24, 2.45) is 0 Å². The molecule has 2 rings (SSSR count). The summed E-state index contributed by atoms with van der Waals surface area (Å²) in [6.07, 6.45) is -4.72. The van der Waals surface area contributed by atoms with Crippen molar-refractivity contribution in [2.45, 2.75) is 18.7 Å². The number of alkyl halides is 3. The van der Waals surface area contributed by atoms with Gasteiger partial charge in [0, 0.05) is 17.9 Å². The quantitative estimate of drug-likeness (QED) is 0.838. The molecule has 0 bridgehead atoms. The first kappa shape index (κ1) is 14.0. The Morgan fingerprint density at radius 3 is 2.47 bits per heavy atom. The van der Waals surface area contributed by atoms with Crippen LogP contribution < -0.4 is 4.74 Å². The van der Waals surface area contributed by atoms with Crippen LogP contribution in [0.15, 0.2) is 24.3 Å². The minimum absolute atomic E-state index is 0.0959. The van der Waals surface area contributed by atoms with E-state index in [0.717, 1.165) is 17.9 Å². The number of amides is 1. The summed E-state index contributed by atoms with van der Waals surface area (Å²) in [4.78, 5) is 13.8. The molecule has 1 unspecified atom stereocenters. The summed E-state index contributed by atoms with van der Waals surface area (Å²) in [6.45, 7) is 2.59. The second-order valence-electron chi connectivity index (χ2n) is 4.04. The Kier molecular flexibility index (Phi) is 3.93. The van der Waals surface area contributed by atoms with E-state index in [-0.39, 0.29) is 17.0 Å². The Morgan fingerprint density at radius 2 is 2.00 bits per heavy atom. The first-order chi connectivity index (χ1) is 8.87. The predicted octanol–water partition coefficient (Wildman–Crippen LogP) is 3.12. The third-order valence-electron chi connectivity index (χ3n) is 2.73. The molecule has 1 amide bonds. The van der Waals surface area contributed by atoms with E-state index in [4.69, 9.17) is 0 Å². The van der Waals surface area contributed by atoms with Gasteiger partial charge in [-0.1, -0.05) is 0 Å². The van der Waals surface area contributed by atoms with Gasteiger partial charge >= 0.3 is 6.36 Å². The number of ether oxygens (including phenoxy) is 1. The van der Waals surface area contributed by atoms with Crippen molar-refractivity contribution in [1.82, 2.24) is 4.90 Å². The van der Waals surface area contributed by atoms with Gasteiger partial charge in [-0.2, -0.15) is 0 Å². The minimum Gasteiger partial charge on any atom is -0.406 e. The molecule has 104 valence electrons. The summed E-state index contributed by atoms with van der Waals surface area (Å²) in [5.74, 6) is 0.381. The molecule has 1 fully saturated rings. The van der Waals surface area contributed by atoms with Crippen LogP contribution in [0.2, 0.25) is 0 Å². The third-order valence-corrected chi connectivity index (χ3v) is 3.88. The molecule has 3 nitrogen and oxygen atoms in total. The molecule has 1 aliphatic rings. The van der Waals surface area contributed by atoms with Gasteiger partial charge in [-0.3, -0.25) is 4.79 Å². The number of thioether (sulfide) groups is 1. The summed E-state index contributed by atoms with van der Waals surface area (Å²) in [7, 11) is 0. The summed E-state index contributed by atoms with van der Waals surface area (Å²) in [5, 5.41) is 0.0959. The first-order valence-electron chi connectivity index (χ1n) is 5.65. The summed E-state index contributed by atoms with van der Waals surface area (Å²) >= 11 is 1.67. The standard InChI is InChI=1S/C12H12F3NO2S/c1-8-16(6-7-19-8)11(17)9-2-4-10(5-3-9)18-12(13,14)15/h2-5,8H,6-7H2,1H3. The number of rotatable bonds is 2. The van der Waals surface area contributed by atoms with Crippen LogP contribution in [0.5, 0.6) is 5.75 Å². The predicted molar refractivity (Wildman–Crippen MR) is 66.1 cm³/mol. The van der Waals surface area contributed by atoms with Crippen LogP contribution in [0.1, 0.15) is 17.3 Å². The molecular weight excluding hydrogens is 279 g/mol. The van der Waals surface area contributed by atoms with Gasteiger partial charge < -0.3 is 9.64 Å². The van der Waals surface area contributed by atoms with Crippen LogP contribution >= 0.6 is 11.8 Å². The highest BCUT2D eigenvalue weighted by atomic mass is 32.2. The summed E-state index contributed by atoms with van der Waals surface area (Å²) < 4.78 is 39.7. The van der Waals surface area contributed by atoms with E-state index < -0.39 is 6.36 Å². The highest BCUT2D eigenvalue weighted by Gasteiger charge is 2.31. The molecule has 7 heteroatoms. The monoisotopic (exact) mass is 291 g/mol. The lowest BCUT2D eigenvalue weighted by Gasteiger charge is -2.20. The van der Waals surface area contributed by atoms with Crippen molar-refractivity contribution in [3.05, 3.63) is 29.8 Å². The van der Waals surface area contributed by atoms with E-state index >= 15 is 0 Å². The molecule has 1 saturated heterocycles. The summed E-state index contributed by atoms with van der Waals surface area (Å²) in [5.41, 5.74) is 0.365. The van der Waals surface area contributed by atoms with E-state index in [1.807, 2.05) is 6.92 Å². The number of carbonyl (C=O) groups excluding carboxylic acids is 1. The fourth-order valence-corrected chi connectivity index (χ4v) is 2.85. The number of benzene rings is 1. The Labute approximate surface area is 112 Å². The molecule has 0 N–H and O–H groups in total. The molecule has 1 atom stereocenters. The molecule has 19 heavy (non-hydrogen) atoms. The second kappa shape index (κ2) is 5.32. The number of nitrogens with zero attached hydrogens (tertiary/aromatic N) is 1. The number of carbonyl (C=O) groups is 1. The van der Waals surface area contributed by atoms with Gasteiger partial charge in [-0.15, -0.1) is 24.9 Å². The van der Waals surface area contributed by atoms with E-state index in [2.05, 4.69) is 4.74 Å². The van der Waals surface area contributed by atoms with Crippen LogP contribution in [0.4, 0.5) is 13.2 Å². The van der Waals surface area contributed by atoms with Gasteiger partial charge in [-0.05, 0) is 31.2 Å². The number of hydrogen-bond acceptors (Lipinski definition) is 3. The normalized spacial score (nSPS) is 19.6. The molecular formula is C12H12F3NO2S. The van der Waals surface area contributed by atoms with Crippen LogP contribution in [-0.2, 0) is 0 Å². The van der Waals surface area contributed by atoms with Crippen LogP contribution in [-0.4, -0.2) is 34.8 Å². The lowest BCUT2D eigenvalue weighted by atomic mass is 10.2. The molecule has 0 radical (unpaired) electrons. The van der Waals surface area contributed by atoms with E-state index in [1.54, 1.807) is 16.7 Å². The maximum atomic E-state index is 12.1. The van der Waals surface area contributed by atoms with Gasteiger partial charge in [0.2, 0.25) is 0 Å². The molecule has 0 aromatic heterocycles. The maximum Gasteiger partial charge on any atom is 0.573 e. The molecule has 0 spiro atoms. The van der Waals surface area contributed by atoms with Crippen LogP contribution in [0.25, 0.3) is 0 Å². The number of halogens is 3. The van der Waals surface area contributed by atoms with Gasteiger partial charge in [0.1, 0.15) is 5.75 Å². The average molecular weight is 291 g/mol. The largest absolute Gasteiger partial charge is 0.573 e. The van der Waals surface area contributed by atoms with Crippen molar-refractivity contribution >= 4 is 17.7 Å². The lowest BCUT2D eigenvalue weighted by molar-refractivity contribution is -0.274. The highest BCUT2D eigenvalue weighted by molar-refractivity contribution is 8.00. The van der Waals surface area contributed by atoms with Crippen molar-refractivity contribution in [3.8, 4) is 5.75 Å².